The van der Waals surface area contributed by atoms with Gasteiger partial charge >= 0.3 is 0 Å². The van der Waals surface area contributed by atoms with Crippen molar-refractivity contribution in [1.82, 2.24) is 5.32 Å². The second kappa shape index (κ2) is 8.56. The fourth-order valence-electron chi connectivity index (χ4n) is 4.07. The van der Waals surface area contributed by atoms with Gasteiger partial charge in [-0.2, -0.15) is 0 Å². The molecule has 1 aliphatic rings. The molecule has 0 fully saturated rings. The molecule has 0 unspecified atom stereocenters. The van der Waals surface area contributed by atoms with Crippen LogP contribution in [0, 0.1) is 0 Å². The third-order valence-electron chi connectivity index (χ3n) is 5.61. The molecule has 0 saturated carbocycles. The maximum Gasteiger partial charge on any atom is 0.244 e. The Balaban J connectivity index is 1.53. The largest absolute Gasteiger partial charge is 0.496 e. The molecular formula is C25H27NO3. The van der Waals surface area contributed by atoms with E-state index in [2.05, 4.69) is 23.5 Å². The SMILES string of the molecule is COc1cc2oc3c(c2cc1/C(C)=C/C(=O)NCCc1ccccc1)CCCC3. The van der Waals surface area contributed by atoms with Crippen molar-refractivity contribution in [2.75, 3.05) is 13.7 Å². The number of aryl methyl sites for hydroxylation is 2. The average Bonchev–Trinajstić information content (AvgIpc) is 3.11. The standard InChI is InChI=1S/C25H27NO3/c1-17(14-25(27)26-13-12-18-8-4-3-5-9-18)20-15-21-19-10-6-7-11-22(19)29-24(21)16-23(20)28-2/h3-5,8-9,14-16H,6-7,10-13H2,1-2H3,(H,26,27)/b17-14+. The van der Waals surface area contributed by atoms with Gasteiger partial charge in [0.25, 0.3) is 0 Å². The molecule has 0 radical (unpaired) electrons. The molecule has 0 saturated heterocycles. The molecule has 0 bridgehead atoms. The Labute approximate surface area is 171 Å². The Hall–Kier alpha value is -3.01. The molecular weight excluding hydrogens is 362 g/mol. The Morgan fingerprint density at radius 3 is 2.76 bits per heavy atom. The molecule has 0 spiro atoms. The Morgan fingerprint density at radius 2 is 1.97 bits per heavy atom. The van der Waals surface area contributed by atoms with Gasteiger partial charge in [-0.05, 0) is 49.8 Å². The number of carbonyl (C=O) groups excluding carboxylic acids is 1. The van der Waals surface area contributed by atoms with E-state index in [0.29, 0.717) is 6.54 Å². The van der Waals surface area contributed by atoms with Gasteiger partial charge < -0.3 is 14.5 Å². The summed E-state index contributed by atoms with van der Waals surface area (Å²) in [7, 11) is 1.65. The quantitative estimate of drug-likeness (QED) is 0.598. The summed E-state index contributed by atoms with van der Waals surface area (Å²) in [5.41, 5.74) is 5.22. The molecule has 150 valence electrons. The van der Waals surface area contributed by atoms with Gasteiger partial charge in [0.2, 0.25) is 5.91 Å². The first-order valence-electron chi connectivity index (χ1n) is 10.3. The number of amides is 1. The topological polar surface area (TPSA) is 51.5 Å². The smallest absolute Gasteiger partial charge is 0.244 e. The van der Waals surface area contributed by atoms with Gasteiger partial charge in [0.05, 0.1) is 7.11 Å². The molecule has 1 N–H and O–H groups in total. The molecule has 3 aromatic rings. The van der Waals surface area contributed by atoms with Crippen LogP contribution in [0.5, 0.6) is 5.75 Å². The third kappa shape index (κ3) is 4.21. The Bertz CT molecular complexity index is 1050. The van der Waals surface area contributed by atoms with E-state index in [1.807, 2.05) is 31.2 Å². The van der Waals surface area contributed by atoms with Crippen molar-refractivity contribution in [1.29, 1.82) is 0 Å². The molecule has 1 amide bonds. The number of hydrogen-bond acceptors (Lipinski definition) is 3. The van der Waals surface area contributed by atoms with Gasteiger partial charge in [-0.3, -0.25) is 4.79 Å². The van der Waals surface area contributed by atoms with E-state index in [9.17, 15) is 4.79 Å². The summed E-state index contributed by atoms with van der Waals surface area (Å²) in [5.74, 6) is 1.75. The second-order valence-corrected chi connectivity index (χ2v) is 7.61. The van der Waals surface area contributed by atoms with Crippen molar-refractivity contribution in [3.05, 3.63) is 71.0 Å². The maximum absolute atomic E-state index is 12.4. The lowest BCUT2D eigenvalue weighted by molar-refractivity contribution is -0.116. The van der Waals surface area contributed by atoms with Gasteiger partial charge in [-0.25, -0.2) is 0 Å². The first kappa shape index (κ1) is 19.3. The van der Waals surface area contributed by atoms with Crippen LogP contribution in [0.3, 0.4) is 0 Å². The Morgan fingerprint density at radius 1 is 1.17 bits per heavy atom. The van der Waals surface area contributed by atoms with Crippen molar-refractivity contribution in [2.24, 2.45) is 0 Å². The first-order valence-corrected chi connectivity index (χ1v) is 10.3. The predicted octanol–water partition coefficient (Wildman–Crippen LogP) is 5.08. The van der Waals surface area contributed by atoms with Crippen LogP contribution < -0.4 is 10.1 Å². The first-order chi connectivity index (χ1) is 14.2. The third-order valence-corrected chi connectivity index (χ3v) is 5.61. The van der Waals surface area contributed by atoms with E-state index in [0.717, 1.165) is 52.9 Å². The Kier molecular flexibility index (Phi) is 5.70. The van der Waals surface area contributed by atoms with Crippen LogP contribution in [0.2, 0.25) is 0 Å². The van der Waals surface area contributed by atoms with Gasteiger partial charge in [0.15, 0.2) is 0 Å². The zero-order valence-electron chi connectivity index (χ0n) is 17.1. The zero-order chi connectivity index (χ0) is 20.2. The monoisotopic (exact) mass is 389 g/mol. The van der Waals surface area contributed by atoms with Crippen LogP contribution >= 0.6 is 0 Å². The fraction of sp³-hybridized carbons (Fsp3) is 0.320. The summed E-state index contributed by atoms with van der Waals surface area (Å²) in [4.78, 5) is 12.4. The van der Waals surface area contributed by atoms with E-state index < -0.39 is 0 Å². The van der Waals surface area contributed by atoms with Crippen molar-refractivity contribution in [2.45, 2.75) is 39.0 Å². The lowest BCUT2D eigenvalue weighted by atomic mass is 9.94. The van der Waals surface area contributed by atoms with Gasteiger partial charge in [0, 0.05) is 41.6 Å². The van der Waals surface area contributed by atoms with Crippen molar-refractivity contribution >= 4 is 22.4 Å². The van der Waals surface area contributed by atoms with Gasteiger partial charge in [-0.15, -0.1) is 0 Å². The zero-order valence-corrected chi connectivity index (χ0v) is 17.1. The van der Waals surface area contributed by atoms with Crippen molar-refractivity contribution in [3.8, 4) is 5.75 Å². The summed E-state index contributed by atoms with van der Waals surface area (Å²) < 4.78 is 11.7. The number of fused-ring (bicyclic) bond motifs is 3. The number of carbonyl (C=O) groups is 1. The number of furan rings is 1. The molecule has 4 rings (SSSR count). The van der Waals surface area contributed by atoms with E-state index in [1.54, 1.807) is 13.2 Å². The van der Waals surface area contributed by atoms with Crippen LogP contribution in [-0.4, -0.2) is 19.6 Å². The molecule has 2 aromatic carbocycles. The van der Waals surface area contributed by atoms with Crippen LogP contribution in [0.1, 0.15) is 42.2 Å². The highest BCUT2D eigenvalue weighted by atomic mass is 16.5. The summed E-state index contributed by atoms with van der Waals surface area (Å²) >= 11 is 0. The summed E-state index contributed by atoms with van der Waals surface area (Å²) in [6.07, 6.45) is 6.90. The number of rotatable bonds is 6. The molecule has 0 aliphatic heterocycles. The highest BCUT2D eigenvalue weighted by molar-refractivity contribution is 5.97. The van der Waals surface area contributed by atoms with E-state index >= 15 is 0 Å². The van der Waals surface area contributed by atoms with Crippen molar-refractivity contribution in [3.63, 3.8) is 0 Å². The molecule has 4 nitrogen and oxygen atoms in total. The van der Waals surface area contributed by atoms with E-state index in [1.165, 1.54) is 24.0 Å². The highest BCUT2D eigenvalue weighted by Crippen LogP contribution is 2.37. The van der Waals surface area contributed by atoms with E-state index in [-0.39, 0.29) is 5.91 Å². The number of allylic oxidation sites excluding steroid dienone is 1. The maximum atomic E-state index is 12.4. The molecule has 1 aliphatic carbocycles. The van der Waals surface area contributed by atoms with Crippen molar-refractivity contribution < 1.29 is 13.9 Å². The van der Waals surface area contributed by atoms with Crippen LogP contribution in [0.4, 0.5) is 0 Å². The molecule has 4 heteroatoms. The summed E-state index contributed by atoms with van der Waals surface area (Å²) in [5, 5.41) is 4.12. The second-order valence-electron chi connectivity index (χ2n) is 7.61. The highest BCUT2D eigenvalue weighted by Gasteiger charge is 2.20. The van der Waals surface area contributed by atoms with E-state index in [4.69, 9.17) is 9.15 Å². The summed E-state index contributed by atoms with van der Waals surface area (Å²) in [6.45, 7) is 2.56. The summed E-state index contributed by atoms with van der Waals surface area (Å²) in [6, 6.07) is 14.2. The molecule has 29 heavy (non-hydrogen) atoms. The lowest BCUT2D eigenvalue weighted by Gasteiger charge is -2.11. The van der Waals surface area contributed by atoms with Gasteiger partial charge in [-0.1, -0.05) is 30.3 Å². The van der Waals surface area contributed by atoms with Crippen LogP contribution in [0.25, 0.3) is 16.5 Å². The van der Waals surface area contributed by atoms with Crippen LogP contribution in [-0.2, 0) is 24.1 Å². The predicted molar refractivity (Wildman–Crippen MR) is 116 cm³/mol. The normalized spacial score (nSPS) is 13.9. The average molecular weight is 389 g/mol. The number of hydrogen-bond donors (Lipinski definition) is 1. The number of nitrogens with one attached hydrogen (secondary N) is 1. The molecule has 1 aromatic heterocycles. The molecule has 0 atom stereocenters. The minimum atomic E-state index is -0.0881. The number of ether oxygens (including phenoxy) is 1. The minimum absolute atomic E-state index is 0.0881. The molecule has 1 heterocycles. The van der Waals surface area contributed by atoms with Crippen LogP contribution in [0.15, 0.2) is 53.0 Å². The van der Waals surface area contributed by atoms with Gasteiger partial charge in [0.1, 0.15) is 17.1 Å². The number of benzene rings is 2. The fourth-order valence-corrected chi connectivity index (χ4v) is 4.07. The lowest BCUT2D eigenvalue weighted by Crippen LogP contribution is -2.23. The minimum Gasteiger partial charge on any atom is -0.496 e. The number of methoxy groups -OCH3 is 1.